The maximum absolute atomic E-state index is 8.29. The van der Waals surface area contributed by atoms with Crippen LogP contribution in [0.15, 0.2) is 78.4 Å². The van der Waals surface area contributed by atoms with E-state index in [-0.39, 0.29) is 0 Å². The minimum atomic E-state index is 0.474. The molecule has 0 saturated carbocycles. The fraction of sp³-hybridized carbons (Fsp3) is 0.118. The molecule has 1 rings (SSSR count). The van der Waals surface area contributed by atoms with E-state index in [0.29, 0.717) is 5.71 Å². The van der Waals surface area contributed by atoms with Gasteiger partial charge in [-0.2, -0.15) is 0 Å². The minimum absolute atomic E-state index is 0.474. The van der Waals surface area contributed by atoms with Crippen LogP contribution in [0.25, 0.3) is 0 Å². The molecule has 0 heterocycles. The van der Waals surface area contributed by atoms with Crippen LogP contribution in [-0.4, -0.2) is 5.71 Å². The Morgan fingerprint density at radius 3 is 2.28 bits per heavy atom. The van der Waals surface area contributed by atoms with Crippen molar-refractivity contribution in [2.45, 2.75) is 13.8 Å². The van der Waals surface area contributed by atoms with Gasteiger partial charge in [0.25, 0.3) is 0 Å². The zero-order chi connectivity index (χ0) is 13.5. The van der Waals surface area contributed by atoms with Crippen LogP contribution in [0.3, 0.4) is 0 Å². The van der Waals surface area contributed by atoms with Crippen LogP contribution in [-0.2, 0) is 0 Å². The Labute approximate surface area is 109 Å². The number of allylic oxidation sites excluding steroid dienone is 6. The van der Waals surface area contributed by atoms with Crippen molar-refractivity contribution in [1.29, 1.82) is 5.41 Å². The monoisotopic (exact) mass is 237 g/mol. The van der Waals surface area contributed by atoms with Crippen molar-refractivity contribution in [1.82, 2.24) is 0 Å². The molecule has 0 aliphatic rings. The fourth-order valence-electron chi connectivity index (χ4n) is 1.52. The average molecular weight is 237 g/mol. The lowest BCUT2D eigenvalue weighted by Crippen LogP contribution is -2.06. The Bertz CT molecular complexity index is 516. The van der Waals surface area contributed by atoms with E-state index < -0.39 is 0 Å². The summed E-state index contributed by atoms with van der Waals surface area (Å²) in [6.07, 6.45) is 5.76. The molecule has 0 aliphatic heterocycles. The van der Waals surface area contributed by atoms with Crippen molar-refractivity contribution in [3.05, 3.63) is 84.0 Å². The lowest BCUT2D eigenvalue weighted by Gasteiger charge is -2.12. The zero-order valence-corrected chi connectivity index (χ0v) is 11.0. The van der Waals surface area contributed by atoms with E-state index in [9.17, 15) is 0 Å². The molecule has 1 heteroatoms. The van der Waals surface area contributed by atoms with Crippen molar-refractivity contribution in [2.24, 2.45) is 0 Å². The van der Waals surface area contributed by atoms with Gasteiger partial charge >= 0.3 is 0 Å². The lowest BCUT2D eigenvalue weighted by atomic mass is 9.93. The predicted octanol–water partition coefficient (Wildman–Crippen LogP) is 4.69. The van der Waals surface area contributed by atoms with Gasteiger partial charge < -0.3 is 0 Å². The molecular weight excluding hydrogens is 218 g/mol. The maximum Gasteiger partial charge on any atom is 0.0690 e. The summed E-state index contributed by atoms with van der Waals surface area (Å²) in [7, 11) is 0. The highest BCUT2D eigenvalue weighted by molar-refractivity contribution is 6.14. The first-order chi connectivity index (χ1) is 8.57. The molecule has 1 aromatic rings. The van der Waals surface area contributed by atoms with Gasteiger partial charge in [0.15, 0.2) is 0 Å². The van der Waals surface area contributed by atoms with Crippen LogP contribution >= 0.6 is 0 Å². The third-order valence-electron chi connectivity index (χ3n) is 2.63. The first-order valence-electron chi connectivity index (χ1n) is 5.90. The topological polar surface area (TPSA) is 23.9 Å². The second kappa shape index (κ2) is 6.55. The van der Waals surface area contributed by atoms with E-state index in [4.69, 9.17) is 5.41 Å². The summed E-state index contributed by atoms with van der Waals surface area (Å²) in [5.41, 5.74) is 3.86. The smallest absolute Gasteiger partial charge is 0.0690 e. The van der Waals surface area contributed by atoms with Gasteiger partial charge in [-0.15, -0.1) is 0 Å². The van der Waals surface area contributed by atoms with Crippen LogP contribution in [0.5, 0.6) is 0 Å². The molecule has 18 heavy (non-hydrogen) atoms. The van der Waals surface area contributed by atoms with Gasteiger partial charge in [0.2, 0.25) is 0 Å². The van der Waals surface area contributed by atoms with Crippen molar-refractivity contribution in [3.8, 4) is 0 Å². The van der Waals surface area contributed by atoms with Gasteiger partial charge in [-0.25, -0.2) is 0 Å². The molecule has 1 nitrogen and oxygen atoms in total. The van der Waals surface area contributed by atoms with Crippen LogP contribution in [0, 0.1) is 5.41 Å². The lowest BCUT2D eigenvalue weighted by molar-refractivity contribution is 1.38. The minimum Gasteiger partial charge on any atom is -0.300 e. The standard InChI is InChI=1S/C17H19N/c1-5-6-12-16(14(4)13(2)3)17(18)15-10-8-7-9-11-15/h5-12,18H,2,4H2,1,3H3/b6-5-,16-12+,18-17?. The van der Waals surface area contributed by atoms with Gasteiger partial charge in [0.05, 0.1) is 5.71 Å². The molecule has 0 spiro atoms. The molecule has 0 saturated heterocycles. The number of benzene rings is 1. The summed E-state index contributed by atoms with van der Waals surface area (Å²) in [6.45, 7) is 11.8. The van der Waals surface area contributed by atoms with Gasteiger partial charge in [-0.3, -0.25) is 5.41 Å². The van der Waals surface area contributed by atoms with Crippen LogP contribution < -0.4 is 0 Å². The molecule has 0 amide bonds. The second-order valence-corrected chi connectivity index (χ2v) is 4.11. The summed E-state index contributed by atoms with van der Waals surface area (Å²) in [5, 5.41) is 8.29. The third-order valence-corrected chi connectivity index (χ3v) is 2.63. The SMILES string of the molecule is C=C(C)C(=C)/C(=C\C=C/C)C(=N)c1ccccc1. The van der Waals surface area contributed by atoms with Gasteiger partial charge in [0.1, 0.15) is 0 Å². The quantitative estimate of drug-likeness (QED) is 0.567. The number of hydrogen-bond acceptors (Lipinski definition) is 1. The highest BCUT2D eigenvalue weighted by Gasteiger charge is 2.10. The van der Waals surface area contributed by atoms with Gasteiger partial charge in [-0.05, 0) is 19.4 Å². The highest BCUT2D eigenvalue weighted by Crippen LogP contribution is 2.20. The predicted molar refractivity (Wildman–Crippen MR) is 80.1 cm³/mol. The molecule has 1 aromatic carbocycles. The average Bonchev–Trinajstić information content (AvgIpc) is 2.39. The number of hydrogen-bond donors (Lipinski definition) is 1. The van der Waals surface area contributed by atoms with Crippen molar-refractivity contribution >= 4 is 5.71 Å². The number of rotatable bonds is 5. The first-order valence-corrected chi connectivity index (χ1v) is 5.90. The summed E-state index contributed by atoms with van der Waals surface area (Å²) < 4.78 is 0. The van der Waals surface area contributed by atoms with E-state index in [1.165, 1.54) is 0 Å². The molecule has 0 atom stereocenters. The maximum atomic E-state index is 8.29. The fourth-order valence-corrected chi connectivity index (χ4v) is 1.52. The Morgan fingerprint density at radius 2 is 1.78 bits per heavy atom. The van der Waals surface area contributed by atoms with Gasteiger partial charge in [-0.1, -0.05) is 67.3 Å². The van der Waals surface area contributed by atoms with Crippen molar-refractivity contribution in [2.75, 3.05) is 0 Å². The zero-order valence-electron chi connectivity index (χ0n) is 11.0. The molecule has 1 N–H and O–H groups in total. The van der Waals surface area contributed by atoms with Crippen molar-refractivity contribution in [3.63, 3.8) is 0 Å². The Hall–Kier alpha value is -2.15. The molecular formula is C17H19N. The van der Waals surface area contributed by atoms with E-state index >= 15 is 0 Å². The Balaban J connectivity index is 3.17. The molecule has 0 bridgehead atoms. The first kappa shape index (κ1) is 13.9. The Morgan fingerprint density at radius 1 is 1.17 bits per heavy atom. The van der Waals surface area contributed by atoms with E-state index in [2.05, 4.69) is 13.2 Å². The van der Waals surface area contributed by atoms with Crippen LogP contribution in [0.4, 0.5) is 0 Å². The van der Waals surface area contributed by atoms with E-state index in [0.717, 1.165) is 22.3 Å². The molecule has 0 aromatic heterocycles. The van der Waals surface area contributed by atoms with Gasteiger partial charge in [0, 0.05) is 11.1 Å². The molecule has 0 unspecified atom stereocenters. The normalized spacial score (nSPS) is 11.6. The summed E-state index contributed by atoms with van der Waals surface area (Å²) in [6, 6.07) is 9.66. The van der Waals surface area contributed by atoms with E-state index in [1.54, 1.807) is 0 Å². The Kier molecular flexibility index (Phi) is 5.06. The highest BCUT2D eigenvalue weighted by atomic mass is 14.4. The van der Waals surface area contributed by atoms with Crippen molar-refractivity contribution < 1.29 is 0 Å². The molecule has 92 valence electrons. The third kappa shape index (κ3) is 3.42. The van der Waals surface area contributed by atoms with Crippen LogP contribution in [0.1, 0.15) is 19.4 Å². The van der Waals surface area contributed by atoms with E-state index in [1.807, 2.05) is 62.4 Å². The summed E-state index contributed by atoms with van der Waals surface area (Å²) in [4.78, 5) is 0. The molecule has 0 fully saturated rings. The second-order valence-electron chi connectivity index (χ2n) is 4.11. The van der Waals surface area contributed by atoms with Crippen LogP contribution in [0.2, 0.25) is 0 Å². The molecule has 0 aliphatic carbocycles. The summed E-state index contributed by atoms with van der Waals surface area (Å²) >= 11 is 0. The molecule has 0 radical (unpaired) electrons. The largest absolute Gasteiger partial charge is 0.300 e. The number of nitrogens with one attached hydrogen (secondary N) is 1. The summed E-state index contributed by atoms with van der Waals surface area (Å²) in [5.74, 6) is 0.